The van der Waals surface area contributed by atoms with E-state index in [0.717, 1.165) is 16.9 Å². The summed E-state index contributed by atoms with van der Waals surface area (Å²) in [6.07, 6.45) is 7.11. The van der Waals surface area contributed by atoms with Crippen molar-refractivity contribution in [1.29, 1.82) is 0 Å². The zero-order chi connectivity index (χ0) is 22.0. The highest BCUT2D eigenvalue weighted by atomic mass is 16.6. The molecule has 0 aromatic heterocycles. The van der Waals surface area contributed by atoms with Gasteiger partial charge in [-0.05, 0) is 30.4 Å². The van der Waals surface area contributed by atoms with E-state index in [2.05, 4.69) is 5.48 Å². The van der Waals surface area contributed by atoms with Crippen LogP contribution >= 0.6 is 0 Å². The Bertz CT molecular complexity index is 960. The first-order chi connectivity index (χ1) is 14.9. The van der Waals surface area contributed by atoms with Crippen LogP contribution in [0.4, 0.5) is 0 Å². The van der Waals surface area contributed by atoms with Gasteiger partial charge >= 0.3 is 5.97 Å². The molecule has 0 bridgehead atoms. The molecule has 1 aromatic carbocycles. The number of amides is 2. The van der Waals surface area contributed by atoms with Crippen LogP contribution in [0.2, 0.25) is 0 Å². The summed E-state index contributed by atoms with van der Waals surface area (Å²) in [4.78, 5) is 43.9. The van der Waals surface area contributed by atoms with Crippen LogP contribution in [-0.4, -0.2) is 36.0 Å². The van der Waals surface area contributed by atoms with Crippen LogP contribution in [0.15, 0.2) is 65.4 Å². The Labute approximate surface area is 181 Å². The predicted molar refractivity (Wildman–Crippen MR) is 113 cm³/mol. The SMILES string of the molecule is CC1(C)C(=CNOCCc2ccccc2)[C@H]1C(=O)OCN1C(=O)C2=C(CC=CC2)C1=O. The van der Waals surface area contributed by atoms with E-state index in [1.165, 1.54) is 5.56 Å². The number of allylic oxidation sites excluding steroid dienone is 2. The average Bonchev–Trinajstić information content (AvgIpc) is 3.24. The highest BCUT2D eigenvalue weighted by Gasteiger charge is 2.58. The van der Waals surface area contributed by atoms with Gasteiger partial charge in [0.1, 0.15) is 0 Å². The van der Waals surface area contributed by atoms with Crippen LogP contribution in [0.1, 0.15) is 32.3 Å². The summed E-state index contributed by atoms with van der Waals surface area (Å²) in [7, 11) is 0. The molecule has 1 saturated carbocycles. The third-order valence-corrected chi connectivity index (χ3v) is 6.08. The van der Waals surface area contributed by atoms with Crippen LogP contribution in [0, 0.1) is 11.3 Å². The van der Waals surface area contributed by atoms with E-state index in [1.54, 1.807) is 6.20 Å². The fourth-order valence-electron chi connectivity index (χ4n) is 4.08. The van der Waals surface area contributed by atoms with Crippen LogP contribution in [0.25, 0.3) is 0 Å². The summed E-state index contributed by atoms with van der Waals surface area (Å²) in [6, 6.07) is 10.0. The largest absolute Gasteiger partial charge is 0.443 e. The Hall–Kier alpha value is -3.19. The summed E-state index contributed by atoms with van der Waals surface area (Å²) < 4.78 is 5.34. The molecule has 1 heterocycles. The summed E-state index contributed by atoms with van der Waals surface area (Å²) in [5.74, 6) is -1.62. The molecule has 1 aliphatic heterocycles. The molecule has 0 radical (unpaired) electrons. The molecule has 0 unspecified atom stereocenters. The number of hydrogen-bond acceptors (Lipinski definition) is 6. The number of nitrogens with one attached hydrogen (secondary N) is 1. The Kier molecular flexibility index (Phi) is 5.78. The molecule has 162 valence electrons. The maximum absolute atomic E-state index is 12.6. The molecule has 1 aromatic rings. The van der Waals surface area contributed by atoms with Gasteiger partial charge in [-0.15, -0.1) is 0 Å². The lowest BCUT2D eigenvalue weighted by molar-refractivity contribution is -0.156. The molecule has 3 aliphatic rings. The average molecular weight is 422 g/mol. The second-order valence-electron chi connectivity index (χ2n) is 8.42. The molecule has 0 saturated heterocycles. The van der Waals surface area contributed by atoms with Gasteiger partial charge in [-0.25, -0.2) is 4.90 Å². The van der Waals surface area contributed by atoms with E-state index in [-0.39, 0.29) is 24.0 Å². The molecule has 1 fully saturated rings. The van der Waals surface area contributed by atoms with Gasteiger partial charge in [-0.2, -0.15) is 0 Å². The van der Waals surface area contributed by atoms with Crippen molar-refractivity contribution in [2.75, 3.05) is 13.3 Å². The monoisotopic (exact) mass is 422 g/mol. The first kappa shape index (κ1) is 21.1. The maximum Gasteiger partial charge on any atom is 0.315 e. The Morgan fingerprint density at radius 2 is 1.77 bits per heavy atom. The highest BCUT2D eigenvalue weighted by Crippen LogP contribution is 2.58. The van der Waals surface area contributed by atoms with Gasteiger partial charge < -0.3 is 4.74 Å². The minimum atomic E-state index is -0.453. The van der Waals surface area contributed by atoms with Crippen molar-refractivity contribution in [3.05, 3.63) is 71.0 Å². The molecule has 2 amide bonds. The fraction of sp³-hybridized carbons (Fsp3) is 0.375. The highest BCUT2D eigenvalue weighted by molar-refractivity contribution is 6.19. The normalized spacial score (nSPS) is 22.7. The van der Waals surface area contributed by atoms with Crippen molar-refractivity contribution >= 4 is 17.8 Å². The maximum atomic E-state index is 12.6. The number of nitrogens with zero attached hydrogens (tertiary/aromatic N) is 1. The predicted octanol–water partition coefficient (Wildman–Crippen LogP) is 2.81. The first-order valence-electron chi connectivity index (χ1n) is 10.4. The Balaban J connectivity index is 1.25. The van der Waals surface area contributed by atoms with Gasteiger partial charge in [0.15, 0.2) is 6.73 Å². The molecule has 7 nitrogen and oxygen atoms in total. The van der Waals surface area contributed by atoms with E-state index in [1.807, 2.05) is 56.3 Å². The molecule has 1 atom stereocenters. The zero-order valence-corrected chi connectivity index (χ0v) is 17.7. The number of ether oxygens (including phenoxy) is 1. The number of carbonyl (C=O) groups excluding carboxylic acids is 3. The Morgan fingerprint density at radius 1 is 1.13 bits per heavy atom. The zero-order valence-electron chi connectivity index (χ0n) is 17.7. The van der Waals surface area contributed by atoms with Crippen molar-refractivity contribution in [1.82, 2.24) is 10.4 Å². The second-order valence-corrected chi connectivity index (χ2v) is 8.42. The minimum Gasteiger partial charge on any atom is -0.443 e. The third kappa shape index (κ3) is 4.18. The summed E-state index contributed by atoms with van der Waals surface area (Å²) >= 11 is 0. The van der Waals surface area contributed by atoms with Gasteiger partial charge in [0, 0.05) is 22.8 Å². The van der Waals surface area contributed by atoms with Crippen LogP contribution in [-0.2, 0) is 30.4 Å². The van der Waals surface area contributed by atoms with E-state index >= 15 is 0 Å². The molecular weight excluding hydrogens is 396 g/mol. The first-order valence-corrected chi connectivity index (χ1v) is 10.4. The van der Waals surface area contributed by atoms with Crippen molar-refractivity contribution < 1.29 is 24.0 Å². The van der Waals surface area contributed by atoms with Gasteiger partial charge in [-0.1, -0.05) is 56.3 Å². The number of hydrogen-bond donors (Lipinski definition) is 1. The quantitative estimate of drug-likeness (QED) is 0.228. The van der Waals surface area contributed by atoms with Crippen molar-refractivity contribution in [2.45, 2.75) is 33.1 Å². The Morgan fingerprint density at radius 3 is 2.42 bits per heavy atom. The molecule has 4 rings (SSSR count). The van der Waals surface area contributed by atoms with Gasteiger partial charge in [-0.3, -0.25) is 24.7 Å². The molecule has 31 heavy (non-hydrogen) atoms. The van der Waals surface area contributed by atoms with Crippen molar-refractivity contribution in [3.63, 3.8) is 0 Å². The second kappa shape index (κ2) is 8.51. The number of imide groups is 1. The smallest absolute Gasteiger partial charge is 0.315 e. The molecule has 1 N–H and O–H groups in total. The summed E-state index contributed by atoms with van der Waals surface area (Å²) in [6.45, 7) is 4.02. The number of carbonyl (C=O) groups is 3. The van der Waals surface area contributed by atoms with E-state index in [4.69, 9.17) is 9.57 Å². The van der Waals surface area contributed by atoms with E-state index in [0.29, 0.717) is 30.6 Å². The lowest BCUT2D eigenvalue weighted by Gasteiger charge is -2.15. The molecular formula is C24H26N2O5. The number of hydroxylamine groups is 1. The van der Waals surface area contributed by atoms with Crippen molar-refractivity contribution in [2.24, 2.45) is 11.3 Å². The van der Waals surface area contributed by atoms with Crippen molar-refractivity contribution in [3.8, 4) is 0 Å². The molecule has 2 aliphatic carbocycles. The number of esters is 1. The summed E-state index contributed by atoms with van der Waals surface area (Å²) in [5, 5.41) is 0. The van der Waals surface area contributed by atoms with Crippen LogP contribution in [0.5, 0.6) is 0 Å². The standard InChI is InChI=1S/C24H26N2O5/c1-24(2)19(14-25-31-13-12-16-8-4-3-5-9-16)20(24)23(29)30-15-26-21(27)17-10-6-7-11-18(17)22(26)28/h3-9,14,20,25H,10-13,15H2,1-2H3/t20-/m0/s1. The van der Waals surface area contributed by atoms with E-state index < -0.39 is 11.9 Å². The lowest BCUT2D eigenvalue weighted by atomic mass is 9.99. The molecule has 7 heteroatoms. The lowest BCUT2D eigenvalue weighted by Crippen LogP contribution is -2.35. The van der Waals surface area contributed by atoms with E-state index in [9.17, 15) is 14.4 Å². The summed E-state index contributed by atoms with van der Waals surface area (Å²) in [5.41, 5.74) is 5.49. The fourth-order valence-corrected chi connectivity index (χ4v) is 4.08. The molecule has 0 spiro atoms. The van der Waals surface area contributed by atoms with Crippen LogP contribution in [0.3, 0.4) is 0 Å². The minimum absolute atomic E-state index is 0.357. The van der Waals surface area contributed by atoms with Gasteiger partial charge in [0.25, 0.3) is 11.8 Å². The third-order valence-electron chi connectivity index (χ3n) is 6.08. The van der Waals surface area contributed by atoms with Gasteiger partial charge in [0.2, 0.25) is 0 Å². The number of benzene rings is 1. The topological polar surface area (TPSA) is 84.9 Å². The number of rotatable bonds is 8. The van der Waals surface area contributed by atoms with Gasteiger partial charge in [0.05, 0.1) is 12.5 Å². The van der Waals surface area contributed by atoms with Crippen LogP contribution < -0.4 is 5.48 Å².